The van der Waals surface area contributed by atoms with Crippen LogP contribution in [-0.2, 0) is 11.2 Å². The zero-order valence-electron chi connectivity index (χ0n) is 7.44. The number of hydrogen-bond donors (Lipinski definition) is 0. The summed E-state index contributed by atoms with van der Waals surface area (Å²) in [5.41, 5.74) is 2.80. The summed E-state index contributed by atoms with van der Waals surface area (Å²) in [6.45, 7) is 1.66. The Morgan fingerprint density at radius 2 is 2.23 bits per heavy atom. The Bertz CT molecular complexity index is 324. The summed E-state index contributed by atoms with van der Waals surface area (Å²) in [7, 11) is 0. The van der Waals surface area contributed by atoms with E-state index in [1.54, 1.807) is 0 Å². The molecule has 2 nitrogen and oxygen atoms in total. The first-order valence-electron chi connectivity index (χ1n) is 4.81. The van der Waals surface area contributed by atoms with Crippen LogP contribution in [-0.4, -0.2) is 19.3 Å². The minimum Gasteiger partial charge on any atom is -0.374 e. The molecule has 0 N–H and O–H groups in total. The van der Waals surface area contributed by atoms with Crippen LogP contribution in [0.3, 0.4) is 0 Å². The number of rotatable bonds is 0. The van der Waals surface area contributed by atoms with Crippen LogP contribution in [0.15, 0.2) is 24.3 Å². The lowest BCUT2D eigenvalue weighted by atomic mass is 10.1. The van der Waals surface area contributed by atoms with E-state index in [-0.39, 0.29) is 0 Å². The molecule has 1 aliphatic heterocycles. The highest BCUT2D eigenvalue weighted by Crippen LogP contribution is 2.35. The van der Waals surface area contributed by atoms with Crippen molar-refractivity contribution >= 4 is 0 Å². The molecule has 1 aromatic carbocycles. The van der Waals surface area contributed by atoms with Gasteiger partial charge in [-0.2, -0.15) is 0 Å². The van der Waals surface area contributed by atoms with Crippen LogP contribution in [0.4, 0.5) is 0 Å². The molecule has 3 rings (SSSR count). The van der Waals surface area contributed by atoms with Crippen LogP contribution in [0.5, 0.6) is 0 Å². The van der Waals surface area contributed by atoms with E-state index < -0.39 is 0 Å². The van der Waals surface area contributed by atoms with E-state index in [9.17, 15) is 0 Å². The van der Waals surface area contributed by atoms with Gasteiger partial charge in [-0.15, -0.1) is 0 Å². The van der Waals surface area contributed by atoms with Crippen molar-refractivity contribution in [2.45, 2.75) is 18.6 Å². The number of ether oxygens (including phenoxy) is 1. The van der Waals surface area contributed by atoms with Crippen LogP contribution in [0.1, 0.15) is 17.2 Å². The smallest absolute Gasteiger partial charge is 0.0826 e. The van der Waals surface area contributed by atoms with E-state index in [1.807, 2.05) is 0 Å². The first kappa shape index (κ1) is 7.54. The molecular formula is C11H12NO. The Morgan fingerprint density at radius 3 is 3.23 bits per heavy atom. The van der Waals surface area contributed by atoms with Crippen molar-refractivity contribution in [1.82, 2.24) is 5.32 Å². The molecule has 2 heteroatoms. The van der Waals surface area contributed by atoms with Crippen molar-refractivity contribution in [1.29, 1.82) is 0 Å². The zero-order chi connectivity index (χ0) is 8.67. The SMILES string of the molecule is c1ccc2c(c1)C[C@@H]1OCC[N][C@H]21. The molecule has 1 fully saturated rings. The first-order chi connectivity index (χ1) is 6.45. The van der Waals surface area contributed by atoms with Gasteiger partial charge in [-0.25, -0.2) is 5.32 Å². The van der Waals surface area contributed by atoms with Gasteiger partial charge in [0, 0.05) is 13.0 Å². The minimum atomic E-state index is 0.324. The Balaban J connectivity index is 2.01. The third kappa shape index (κ3) is 1.10. The van der Waals surface area contributed by atoms with Crippen molar-refractivity contribution < 1.29 is 4.74 Å². The summed E-state index contributed by atoms with van der Waals surface area (Å²) >= 11 is 0. The van der Waals surface area contributed by atoms with Gasteiger partial charge in [0.15, 0.2) is 0 Å². The average molecular weight is 174 g/mol. The second kappa shape index (κ2) is 2.82. The van der Waals surface area contributed by atoms with E-state index in [4.69, 9.17) is 4.74 Å². The molecule has 0 bridgehead atoms. The highest BCUT2D eigenvalue weighted by Gasteiger charge is 2.35. The average Bonchev–Trinajstić information content (AvgIpc) is 2.56. The van der Waals surface area contributed by atoms with Gasteiger partial charge in [0.25, 0.3) is 0 Å². The summed E-state index contributed by atoms with van der Waals surface area (Å²) in [5, 5.41) is 4.61. The largest absolute Gasteiger partial charge is 0.374 e. The Labute approximate surface area is 77.9 Å². The summed E-state index contributed by atoms with van der Waals surface area (Å²) < 4.78 is 5.69. The summed E-state index contributed by atoms with van der Waals surface area (Å²) in [4.78, 5) is 0. The predicted octanol–water partition coefficient (Wildman–Crippen LogP) is 1.29. The van der Waals surface area contributed by atoms with Crippen LogP contribution in [0.25, 0.3) is 0 Å². The van der Waals surface area contributed by atoms with Crippen LogP contribution < -0.4 is 5.32 Å². The molecule has 2 aliphatic rings. The molecular weight excluding hydrogens is 162 g/mol. The van der Waals surface area contributed by atoms with Crippen LogP contribution in [0.2, 0.25) is 0 Å². The molecule has 1 radical (unpaired) electrons. The molecule has 67 valence electrons. The lowest BCUT2D eigenvalue weighted by molar-refractivity contribution is 0.00305. The number of nitrogens with zero attached hydrogens (tertiary/aromatic N) is 1. The first-order valence-corrected chi connectivity index (χ1v) is 4.81. The van der Waals surface area contributed by atoms with Crippen molar-refractivity contribution in [3.8, 4) is 0 Å². The lowest BCUT2D eigenvalue weighted by Crippen LogP contribution is -2.35. The minimum absolute atomic E-state index is 0.324. The quantitative estimate of drug-likeness (QED) is 0.581. The molecule has 1 aromatic rings. The third-order valence-electron chi connectivity index (χ3n) is 2.90. The number of morpholine rings is 1. The Kier molecular flexibility index (Phi) is 1.64. The highest BCUT2D eigenvalue weighted by atomic mass is 16.5. The van der Waals surface area contributed by atoms with Gasteiger partial charge >= 0.3 is 0 Å². The van der Waals surface area contributed by atoms with Crippen LogP contribution in [0, 0.1) is 0 Å². The fourth-order valence-electron chi connectivity index (χ4n) is 2.30. The van der Waals surface area contributed by atoms with E-state index in [0.717, 1.165) is 19.6 Å². The molecule has 0 unspecified atom stereocenters. The van der Waals surface area contributed by atoms with Gasteiger partial charge in [-0.3, -0.25) is 0 Å². The Morgan fingerprint density at radius 1 is 1.31 bits per heavy atom. The molecule has 13 heavy (non-hydrogen) atoms. The van der Waals surface area contributed by atoms with E-state index >= 15 is 0 Å². The molecule has 0 spiro atoms. The number of fused-ring (bicyclic) bond motifs is 3. The van der Waals surface area contributed by atoms with Gasteiger partial charge in [-0.05, 0) is 11.1 Å². The van der Waals surface area contributed by atoms with Gasteiger partial charge in [0.1, 0.15) is 0 Å². The Hall–Kier alpha value is -0.860. The van der Waals surface area contributed by atoms with E-state index in [1.165, 1.54) is 11.1 Å². The maximum Gasteiger partial charge on any atom is 0.0826 e. The maximum atomic E-state index is 5.69. The second-order valence-corrected chi connectivity index (χ2v) is 3.66. The number of hydrogen-bond acceptors (Lipinski definition) is 1. The van der Waals surface area contributed by atoms with Gasteiger partial charge in [0.2, 0.25) is 0 Å². The molecule has 1 aliphatic carbocycles. The van der Waals surface area contributed by atoms with Gasteiger partial charge in [0.05, 0.1) is 18.8 Å². The number of benzene rings is 1. The van der Waals surface area contributed by atoms with Crippen molar-refractivity contribution in [2.24, 2.45) is 0 Å². The fourth-order valence-corrected chi connectivity index (χ4v) is 2.30. The van der Waals surface area contributed by atoms with E-state index in [0.29, 0.717) is 12.1 Å². The van der Waals surface area contributed by atoms with Crippen molar-refractivity contribution in [3.05, 3.63) is 35.4 Å². The second-order valence-electron chi connectivity index (χ2n) is 3.66. The lowest BCUT2D eigenvalue weighted by Gasteiger charge is -2.25. The maximum absolute atomic E-state index is 5.69. The highest BCUT2D eigenvalue weighted by molar-refractivity contribution is 5.36. The molecule has 0 aromatic heterocycles. The summed E-state index contributed by atoms with van der Waals surface area (Å²) in [5.74, 6) is 0. The molecule has 0 amide bonds. The molecule has 2 atom stereocenters. The molecule has 0 saturated carbocycles. The third-order valence-corrected chi connectivity index (χ3v) is 2.90. The zero-order valence-corrected chi connectivity index (χ0v) is 7.44. The molecule has 1 saturated heterocycles. The van der Waals surface area contributed by atoms with Crippen molar-refractivity contribution in [2.75, 3.05) is 13.2 Å². The fraction of sp³-hybridized carbons (Fsp3) is 0.455. The predicted molar refractivity (Wildman–Crippen MR) is 49.6 cm³/mol. The van der Waals surface area contributed by atoms with E-state index in [2.05, 4.69) is 29.6 Å². The van der Waals surface area contributed by atoms with Crippen LogP contribution >= 0.6 is 0 Å². The monoisotopic (exact) mass is 174 g/mol. The summed E-state index contributed by atoms with van der Waals surface area (Å²) in [6, 6.07) is 8.87. The van der Waals surface area contributed by atoms with Gasteiger partial charge < -0.3 is 4.74 Å². The molecule has 1 heterocycles. The normalized spacial score (nSPS) is 31.1. The van der Waals surface area contributed by atoms with Gasteiger partial charge in [-0.1, -0.05) is 24.3 Å². The standard InChI is InChI=1S/C11H12NO/c1-2-4-9-8(3-1)7-10-11(9)12-5-6-13-10/h1-4,10-11H,5-7H2/t10-,11+/m0/s1. The topological polar surface area (TPSA) is 23.3 Å². The summed E-state index contributed by atoms with van der Waals surface area (Å²) in [6.07, 6.45) is 1.37. The van der Waals surface area contributed by atoms with Crippen molar-refractivity contribution in [3.63, 3.8) is 0 Å².